The molecule has 3 aromatic rings. The highest BCUT2D eigenvalue weighted by molar-refractivity contribution is 6.30. The fourth-order valence-corrected chi connectivity index (χ4v) is 2.25. The van der Waals surface area contributed by atoms with Gasteiger partial charge in [-0.1, -0.05) is 17.7 Å². The lowest BCUT2D eigenvalue weighted by molar-refractivity contribution is -0.117. The Morgan fingerprint density at radius 2 is 2.04 bits per heavy atom. The zero-order valence-corrected chi connectivity index (χ0v) is 13.6. The van der Waals surface area contributed by atoms with Crippen LogP contribution in [0.15, 0.2) is 48.5 Å². The van der Waals surface area contributed by atoms with Crippen LogP contribution in [-0.4, -0.2) is 33.2 Å². The van der Waals surface area contributed by atoms with Crippen molar-refractivity contribution in [1.29, 1.82) is 0 Å². The third-order valence-electron chi connectivity index (χ3n) is 3.19. The molecule has 122 valence electrons. The molecule has 0 saturated heterocycles. The van der Waals surface area contributed by atoms with E-state index in [9.17, 15) is 4.79 Å². The number of aromatic nitrogens is 4. The van der Waals surface area contributed by atoms with Crippen LogP contribution in [0.1, 0.15) is 0 Å². The van der Waals surface area contributed by atoms with E-state index >= 15 is 0 Å². The van der Waals surface area contributed by atoms with Gasteiger partial charge in [0.15, 0.2) is 0 Å². The number of nitrogens with zero attached hydrogens (tertiary/aromatic N) is 4. The number of amides is 1. The van der Waals surface area contributed by atoms with Gasteiger partial charge in [0.2, 0.25) is 11.7 Å². The summed E-state index contributed by atoms with van der Waals surface area (Å²) in [6.07, 6.45) is 0. The molecule has 0 aliphatic heterocycles. The number of rotatable bonds is 5. The predicted octanol–water partition coefficient (Wildman–Crippen LogP) is 2.64. The fraction of sp³-hybridized carbons (Fsp3) is 0.125. The van der Waals surface area contributed by atoms with Crippen LogP contribution in [0.5, 0.6) is 5.75 Å². The largest absolute Gasteiger partial charge is 0.497 e. The van der Waals surface area contributed by atoms with Gasteiger partial charge in [-0.25, -0.2) is 0 Å². The fourth-order valence-electron chi connectivity index (χ4n) is 2.06. The van der Waals surface area contributed by atoms with Crippen LogP contribution in [0.2, 0.25) is 5.02 Å². The Morgan fingerprint density at radius 3 is 2.75 bits per heavy atom. The molecule has 0 aliphatic rings. The smallest absolute Gasteiger partial charge is 0.248 e. The number of nitrogens with one attached hydrogen (secondary N) is 1. The summed E-state index contributed by atoms with van der Waals surface area (Å²) >= 11 is 5.88. The van der Waals surface area contributed by atoms with E-state index in [0.29, 0.717) is 16.5 Å². The van der Waals surface area contributed by atoms with Crippen molar-refractivity contribution in [2.24, 2.45) is 0 Å². The highest BCUT2D eigenvalue weighted by Crippen LogP contribution is 2.18. The third-order valence-corrected chi connectivity index (χ3v) is 3.43. The summed E-state index contributed by atoms with van der Waals surface area (Å²) < 4.78 is 5.10. The SMILES string of the molecule is COc1ccc(-c2nnn(CC(=O)Nc3cccc(Cl)c3)n2)cc1. The van der Waals surface area contributed by atoms with E-state index in [-0.39, 0.29) is 12.5 Å². The number of halogens is 1. The van der Waals surface area contributed by atoms with E-state index in [0.717, 1.165) is 11.3 Å². The molecule has 0 unspecified atom stereocenters. The molecule has 0 radical (unpaired) electrons. The van der Waals surface area contributed by atoms with Gasteiger partial charge < -0.3 is 10.1 Å². The summed E-state index contributed by atoms with van der Waals surface area (Å²) in [5.74, 6) is 0.913. The average molecular weight is 344 g/mol. The lowest BCUT2D eigenvalue weighted by atomic mass is 10.2. The quantitative estimate of drug-likeness (QED) is 0.770. The van der Waals surface area contributed by atoms with Gasteiger partial charge in [-0.2, -0.15) is 4.80 Å². The summed E-state index contributed by atoms with van der Waals surface area (Å²) in [7, 11) is 1.60. The van der Waals surface area contributed by atoms with Crippen molar-refractivity contribution in [2.45, 2.75) is 6.54 Å². The average Bonchev–Trinajstić information content (AvgIpc) is 3.03. The molecule has 1 N–H and O–H groups in total. The molecule has 1 aromatic heterocycles. The van der Waals surface area contributed by atoms with Crippen LogP contribution in [0.25, 0.3) is 11.4 Å². The maximum absolute atomic E-state index is 12.0. The molecule has 2 aromatic carbocycles. The summed E-state index contributed by atoms with van der Waals surface area (Å²) in [5.41, 5.74) is 1.40. The minimum Gasteiger partial charge on any atom is -0.497 e. The molecule has 8 heteroatoms. The van der Waals surface area contributed by atoms with Gasteiger partial charge in [-0.05, 0) is 47.7 Å². The van der Waals surface area contributed by atoms with Crippen molar-refractivity contribution in [2.75, 3.05) is 12.4 Å². The topological polar surface area (TPSA) is 81.9 Å². The van der Waals surface area contributed by atoms with Crippen LogP contribution in [-0.2, 0) is 11.3 Å². The molecule has 24 heavy (non-hydrogen) atoms. The monoisotopic (exact) mass is 343 g/mol. The Labute approximate surface area is 143 Å². The highest BCUT2D eigenvalue weighted by Gasteiger charge is 2.10. The molecule has 1 heterocycles. The number of ether oxygens (including phenoxy) is 1. The first-order valence-electron chi connectivity index (χ1n) is 7.12. The first kappa shape index (κ1) is 15.9. The molecule has 0 atom stereocenters. The molecular weight excluding hydrogens is 330 g/mol. The van der Waals surface area contributed by atoms with Crippen molar-refractivity contribution >= 4 is 23.2 Å². The van der Waals surface area contributed by atoms with Crippen LogP contribution in [0.4, 0.5) is 5.69 Å². The van der Waals surface area contributed by atoms with E-state index in [1.807, 2.05) is 24.3 Å². The molecule has 3 rings (SSSR count). The Bertz CT molecular complexity index is 848. The van der Waals surface area contributed by atoms with Crippen molar-refractivity contribution in [3.8, 4) is 17.1 Å². The van der Waals surface area contributed by atoms with Crippen LogP contribution < -0.4 is 10.1 Å². The van der Waals surface area contributed by atoms with Crippen LogP contribution in [0.3, 0.4) is 0 Å². The van der Waals surface area contributed by atoms with Crippen molar-refractivity contribution < 1.29 is 9.53 Å². The van der Waals surface area contributed by atoms with E-state index in [2.05, 4.69) is 20.7 Å². The van der Waals surface area contributed by atoms with Gasteiger partial charge in [0.1, 0.15) is 12.3 Å². The molecule has 0 bridgehead atoms. The highest BCUT2D eigenvalue weighted by atomic mass is 35.5. The number of hydrogen-bond acceptors (Lipinski definition) is 5. The first-order chi connectivity index (χ1) is 11.6. The van der Waals surface area contributed by atoms with E-state index in [1.165, 1.54) is 4.80 Å². The molecule has 1 amide bonds. The van der Waals surface area contributed by atoms with Crippen LogP contribution >= 0.6 is 11.6 Å². The maximum Gasteiger partial charge on any atom is 0.248 e. The molecule has 0 spiro atoms. The van der Waals surface area contributed by atoms with Crippen LogP contribution in [0, 0.1) is 0 Å². The second-order valence-electron chi connectivity index (χ2n) is 4.93. The summed E-state index contributed by atoms with van der Waals surface area (Å²) in [5, 5.41) is 15.3. The number of carbonyl (C=O) groups excluding carboxylic acids is 1. The summed E-state index contributed by atoms with van der Waals surface area (Å²) in [4.78, 5) is 13.3. The number of hydrogen-bond donors (Lipinski definition) is 1. The van der Waals surface area contributed by atoms with Crippen molar-refractivity contribution in [1.82, 2.24) is 20.2 Å². The molecule has 0 aliphatic carbocycles. The van der Waals surface area contributed by atoms with E-state index < -0.39 is 0 Å². The van der Waals surface area contributed by atoms with Crippen molar-refractivity contribution in [3.63, 3.8) is 0 Å². The Balaban J connectivity index is 1.65. The predicted molar refractivity (Wildman–Crippen MR) is 89.9 cm³/mol. The second-order valence-corrected chi connectivity index (χ2v) is 5.37. The standard InChI is InChI=1S/C16H14ClN5O2/c1-24-14-7-5-11(6-8-14)16-19-21-22(20-16)10-15(23)18-13-4-2-3-12(17)9-13/h2-9H,10H2,1H3,(H,18,23). The van der Waals surface area contributed by atoms with Gasteiger partial charge >= 0.3 is 0 Å². The zero-order valence-electron chi connectivity index (χ0n) is 12.8. The van der Waals surface area contributed by atoms with Gasteiger partial charge in [-0.3, -0.25) is 4.79 Å². The number of anilines is 1. The van der Waals surface area contributed by atoms with Gasteiger partial charge in [0.05, 0.1) is 7.11 Å². The Morgan fingerprint density at radius 1 is 1.25 bits per heavy atom. The maximum atomic E-state index is 12.0. The zero-order chi connectivity index (χ0) is 16.9. The Hall–Kier alpha value is -2.93. The summed E-state index contributed by atoms with van der Waals surface area (Å²) in [6.45, 7) is -0.0460. The summed E-state index contributed by atoms with van der Waals surface area (Å²) in [6, 6.07) is 14.2. The van der Waals surface area contributed by atoms with E-state index in [1.54, 1.807) is 31.4 Å². The molecule has 7 nitrogen and oxygen atoms in total. The number of tetrazole rings is 1. The third kappa shape index (κ3) is 3.88. The van der Waals surface area contributed by atoms with E-state index in [4.69, 9.17) is 16.3 Å². The number of benzene rings is 2. The Kier molecular flexibility index (Phi) is 4.72. The first-order valence-corrected chi connectivity index (χ1v) is 7.49. The normalized spacial score (nSPS) is 10.4. The minimum atomic E-state index is -0.268. The van der Waals surface area contributed by atoms with Gasteiger partial charge in [0.25, 0.3) is 0 Å². The van der Waals surface area contributed by atoms with Crippen molar-refractivity contribution in [3.05, 3.63) is 53.6 Å². The molecular formula is C16H14ClN5O2. The van der Waals surface area contributed by atoms with Gasteiger partial charge in [0, 0.05) is 16.3 Å². The molecule has 0 saturated carbocycles. The number of carbonyl (C=O) groups is 1. The number of methoxy groups -OCH3 is 1. The molecule has 0 fully saturated rings. The lowest BCUT2D eigenvalue weighted by Crippen LogP contribution is -2.20. The minimum absolute atomic E-state index is 0.0460. The second kappa shape index (κ2) is 7.10. The van der Waals surface area contributed by atoms with Gasteiger partial charge in [-0.15, -0.1) is 10.2 Å². The lowest BCUT2D eigenvalue weighted by Gasteiger charge is -2.04.